The zero-order valence-corrected chi connectivity index (χ0v) is 13.2. The lowest BCUT2D eigenvalue weighted by atomic mass is 9.94. The van der Waals surface area contributed by atoms with Gasteiger partial charge in [-0.3, -0.25) is 9.78 Å². The maximum atomic E-state index is 14.0. The molecule has 1 aromatic heterocycles. The third-order valence-corrected chi connectivity index (χ3v) is 3.96. The minimum Gasteiger partial charge on any atom is -0.384 e. The van der Waals surface area contributed by atoms with Crippen molar-refractivity contribution in [2.24, 2.45) is 5.92 Å². The number of aromatic nitrogens is 1. The number of hydrogen-bond donors (Lipinski definition) is 0. The molecule has 2 rings (SSSR count). The zero-order valence-electron chi connectivity index (χ0n) is 13.2. The van der Waals surface area contributed by atoms with E-state index in [1.165, 1.54) is 12.0 Å². The number of hydrogen-bond acceptors (Lipinski definition) is 4. The topological polar surface area (TPSA) is 51.7 Å². The molecule has 1 unspecified atom stereocenters. The number of piperidine rings is 1. The van der Waals surface area contributed by atoms with Gasteiger partial charge in [0, 0.05) is 39.0 Å². The fourth-order valence-corrected chi connectivity index (χ4v) is 2.53. The van der Waals surface area contributed by atoms with Crippen molar-refractivity contribution in [3.05, 3.63) is 30.1 Å². The van der Waals surface area contributed by atoms with Crippen LogP contribution in [0.15, 0.2) is 24.5 Å². The minimum atomic E-state index is -2.81. The molecule has 1 saturated heterocycles. The van der Waals surface area contributed by atoms with E-state index >= 15 is 0 Å². The molecule has 0 spiro atoms. The molecule has 0 bridgehead atoms. The van der Waals surface area contributed by atoms with E-state index in [0.29, 0.717) is 6.61 Å². The van der Waals surface area contributed by atoms with Crippen molar-refractivity contribution in [1.82, 2.24) is 9.88 Å². The highest BCUT2D eigenvalue weighted by Gasteiger charge is 2.45. The van der Waals surface area contributed by atoms with Gasteiger partial charge in [0.05, 0.1) is 32.2 Å². The molecule has 0 saturated carbocycles. The summed E-state index contributed by atoms with van der Waals surface area (Å²) in [7, 11) is 1.51. The third-order valence-electron chi connectivity index (χ3n) is 3.96. The average Bonchev–Trinajstić information content (AvgIpc) is 2.55. The largest absolute Gasteiger partial charge is 0.384 e. The number of halogens is 2. The van der Waals surface area contributed by atoms with E-state index in [0.717, 1.165) is 5.56 Å². The van der Waals surface area contributed by atoms with Crippen LogP contribution in [-0.4, -0.2) is 55.1 Å². The fraction of sp³-hybridized carbons (Fsp3) is 0.625. The fourth-order valence-electron chi connectivity index (χ4n) is 2.53. The highest BCUT2D eigenvalue weighted by atomic mass is 19.3. The second-order valence-corrected chi connectivity index (χ2v) is 5.66. The van der Waals surface area contributed by atoms with Gasteiger partial charge in [-0.2, -0.15) is 0 Å². The smallest absolute Gasteiger partial charge is 0.256 e. The molecule has 0 N–H and O–H groups in total. The van der Waals surface area contributed by atoms with Crippen LogP contribution in [0.2, 0.25) is 0 Å². The minimum absolute atomic E-state index is 0.0197. The highest BCUT2D eigenvalue weighted by molar-refractivity contribution is 5.76. The number of carbonyl (C=O) groups is 1. The van der Waals surface area contributed by atoms with Gasteiger partial charge in [-0.25, -0.2) is 8.78 Å². The number of rotatable bonds is 7. The molecule has 0 radical (unpaired) electrons. The van der Waals surface area contributed by atoms with Gasteiger partial charge in [0.1, 0.15) is 0 Å². The lowest BCUT2D eigenvalue weighted by molar-refractivity contribution is -0.153. The van der Waals surface area contributed by atoms with E-state index < -0.39 is 11.8 Å². The first kappa shape index (κ1) is 17.7. The second kappa shape index (κ2) is 8.31. The number of likely N-dealkylation sites (tertiary alicyclic amines) is 1. The van der Waals surface area contributed by atoms with Crippen LogP contribution >= 0.6 is 0 Å². The van der Waals surface area contributed by atoms with Gasteiger partial charge in [0.15, 0.2) is 0 Å². The zero-order chi connectivity index (χ0) is 16.7. The normalized spacial score (nSPS) is 20.5. The summed E-state index contributed by atoms with van der Waals surface area (Å²) in [4.78, 5) is 17.3. The van der Waals surface area contributed by atoms with Crippen molar-refractivity contribution in [3.63, 3.8) is 0 Å². The molecular formula is C16H22F2N2O3. The van der Waals surface area contributed by atoms with Gasteiger partial charge in [0.2, 0.25) is 5.91 Å². The number of amides is 1. The van der Waals surface area contributed by atoms with Crippen LogP contribution in [0.5, 0.6) is 0 Å². The molecular weight excluding hydrogens is 306 g/mol. The first-order chi connectivity index (χ1) is 11.0. The predicted molar refractivity (Wildman–Crippen MR) is 80.0 cm³/mol. The van der Waals surface area contributed by atoms with Crippen LogP contribution in [0.4, 0.5) is 8.78 Å². The number of carbonyl (C=O) groups excluding carboxylic acids is 1. The van der Waals surface area contributed by atoms with Crippen molar-refractivity contribution >= 4 is 5.91 Å². The maximum Gasteiger partial charge on any atom is 0.256 e. The van der Waals surface area contributed by atoms with E-state index in [-0.39, 0.29) is 45.1 Å². The molecule has 1 aliphatic heterocycles. The molecule has 2 heterocycles. The van der Waals surface area contributed by atoms with Gasteiger partial charge in [-0.1, -0.05) is 0 Å². The molecule has 0 aromatic carbocycles. The molecule has 5 nitrogen and oxygen atoms in total. The predicted octanol–water partition coefficient (Wildman–Crippen LogP) is 2.12. The van der Waals surface area contributed by atoms with Crippen molar-refractivity contribution in [3.8, 4) is 0 Å². The van der Waals surface area contributed by atoms with Crippen LogP contribution in [0, 0.1) is 5.92 Å². The van der Waals surface area contributed by atoms with Crippen molar-refractivity contribution in [2.75, 3.05) is 33.4 Å². The van der Waals surface area contributed by atoms with Crippen LogP contribution in [0.1, 0.15) is 18.4 Å². The van der Waals surface area contributed by atoms with Gasteiger partial charge < -0.3 is 14.4 Å². The number of pyridine rings is 1. The highest BCUT2D eigenvalue weighted by Crippen LogP contribution is 2.34. The summed E-state index contributed by atoms with van der Waals surface area (Å²) < 4.78 is 38.4. The molecule has 1 fully saturated rings. The Morgan fingerprint density at radius 1 is 1.43 bits per heavy atom. The molecule has 7 heteroatoms. The van der Waals surface area contributed by atoms with Gasteiger partial charge in [-0.05, 0) is 17.7 Å². The quantitative estimate of drug-likeness (QED) is 0.769. The van der Waals surface area contributed by atoms with Gasteiger partial charge >= 0.3 is 0 Å². The van der Waals surface area contributed by atoms with Gasteiger partial charge in [-0.15, -0.1) is 0 Å². The van der Waals surface area contributed by atoms with Crippen LogP contribution in [-0.2, 0) is 20.9 Å². The molecule has 1 aromatic rings. The van der Waals surface area contributed by atoms with E-state index in [2.05, 4.69) is 4.98 Å². The van der Waals surface area contributed by atoms with Crippen LogP contribution in [0.3, 0.4) is 0 Å². The van der Waals surface area contributed by atoms with Crippen molar-refractivity contribution in [1.29, 1.82) is 0 Å². The Hall–Kier alpha value is -1.60. The molecule has 128 valence electrons. The third kappa shape index (κ3) is 5.21. The number of methoxy groups -OCH3 is 1. The van der Waals surface area contributed by atoms with E-state index in [1.54, 1.807) is 24.5 Å². The Balaban J connectivity index is 1.85. The van der Waals surface area contributed by atoms with Crippen LogP contribution < -0.4 is 0 Å². The summed E-state index contributed by atoms with van der Waals surface area (Å²) in [6.45, 7) is 0.577. The lowest BCUT2D eigenvalue weighted by Gasteiger charge is -2.38. The Morgan fingerprint density at radius 3 is 2.87 bits per heavy atom. The van der Waals surface area contributed by atoms with Crippen molar-refractivity contribution < 1.29 is 23.0 Å². The Labute approximate surface area is 134 Å². The van der Waals surface area contributed by atoms with Gasteiger partial charge in [0.25, 0.3) is 5.92 Å². The van der Waals surface area contributed by atoms with Crippen LogP contribution in [0.25, 0.3) is 0 Å². The number of alkyl halides is 2. The standard InChI is InChI=1S/C16H22F2N2O3/c1-22-9-4-15(21)20-8-5-16(17,18)14(10-20)12-23-11-13-2-6-19-7-3-13/h2-3,6-7,14H,4-5,8-12H2,1H3. The Morgan fingerprint density at radius 2 is 2.17 bits per heavy atom. The first-order valence-corrected chi connectivity index (χ1v) is 7.64. The van der Waals surface area contributed by atoms with E-state index in [4.69, 9.17) is 9.47 Å². The first-order valence-electron chi connectivity index (χ1n) is 7.64. The monoisotopic (exact) mass is 328 g/mol. The lowest BCUT2D eigenvalue weighted by Crippen LogP contribution is -2.51. The summed E-state index contributed by atoms with van der Waals surface area (Å²) in [6, 6.07) is 3.55. The Bertz CT molecular complexity index is 499. The summed E-state index contributed by atoms with van der Waals surface area (Å²) >= 11 is 0. The molecule has 1 atom stereocenters. The van der Waals surface area contributed by atoms with E-state index in [9.17, 15) is 13.6 Å². The molecule has 0 aliphatic carbocycles. The number of ether oxygens (including phenoxy) is 2. The summed E-state index contributed by atoms with van der Waals surface area (Å²) in [5, 5.41) is 0. The maximum absolute atomic E-state index is 14.0. The summed E-state index contributed by atoms with van der Waals surface area (Å²) in [5.41, 5.74) is 0.882. The molecule has 23 heavy (non-hydrogen) atoms. The van der Waals surface area contributed by atoms with Crippen molar-refractivity contribution in [2.45, 2.75) is 25.4 Å². The second-order valence-electron chi connectivity index (χ2n) is 5.66. The number of nitrogens with zero attached hydrogens (tertiary/aromatic N) is 2. The SMILES string of the molecule is COCCC(=O)N1CCC(F)(F)C(COCc2ccncc2)C1. The molecule has 1 aliphatic rings. The summed E-state index contributed by atoms with van der Waals surface area (Å²) in [6.07, 6.45) is 3.15. The summed E-state index contributed by atoms with van der Waals surface area (Å²) in [5.74, 6) is -3.94. The van der Waals surface area contributed by atoms with E-state index in [1.807, 2.05) is 0 Å². The average molecular weight is 328 g/mol. The molecule has 1 amide bonds. The Kier molecular flexibility index (Phi) is 6.41.